The summed E-state index contributed by atoms with van der Waals surface area (Å²) in [7, 11) is -4.00. The van der Waals surface area contributed by atoms with Crippen molar-refractivity contribution in [2.24, 2.45) is 0 Å². The zero-order valence-corrected chi connectivity index (χ0v) is 22.7. The van der Waals surface area contributed by atoms with Crippen LogP contribution < -0.4 is 32.6 Å². The molecule has 1 aromatic heterocycles. The molecule has 0 fully saturated rings. The van der Waals surface area contributed by atoms with Crippen LogP contribution in [0.2, 0.25) is 0 Å². The van der Waals surface area contributed by atoms with Crippen molar-refractivity contribution < 1.29 is 37.6 Å². The molecule has 1 aliphatic rings. The minimum Gasteiger partial charge on any atom is -0.481 e. The fraction of sp³-hybridized carbons (Fsp3) is 0.240. The third-order valence-corrected chi connectivity index (χ3v) is 6.66. The van der Waals surface area contributed by atoms with Crippen molar-refractivity contribution in [2.75, 3.05) is 34.8 Å². The van der Waals surface area contributed by atoms with Gasteiger partial charge in [-0.05, 0) is 42.8 Å². The molecule has 3 aromatic rings. The van der Waals surface area contributed by atoms with E-state index in [-0.39, 0.29) is 40.9 Å². The van der Waals surface area contributed by atoms with Crippen LogP contribution in [0.5, 0.6) is 0 Å². The van der Waals surface area contributed by atoms with Gasteiger partial charge in [0.25, 0.3) is 21.6 Å². The molecule has 0 saturated heterocycles. The number of anilines is 4. The highest BCUT2D eigenvalue weighted by molar-refractivity contribution is 7.85. The maximum Gasteiger partial charge on any atom is 0.326 e. The van der Waals surface area contributed by atoms with Gasteiger partial charge in [0, 0.05) is 30.8 Å². The van der Waals surface area contributed by atoms with Crippen molar-refractivity contribution in [1.82, 2.24) is 15.3 Å². The number of amides is 1. The van der Waals surface area contributed by atoms with Crippen molar-refractivity contribution in [3.8, 4) is 0 Å². The van der Waals surface area contributed by atoms with E-state index in [1.54, 1.807) is 30.3 Å². The normalized spacial score (nSPS) is 14.5. The van der Waals surface area contributed by atoms with Gasteiger partial charge in [-0.1, -0.05) is 18.2 Å². The molecule has 2 atom stereocenters. The van der Waals surface area contributed by atoms with E-state index in [1.165, 1.54) is 24.3 Å². The molecular formula is C25H29N7O9S. The Labute approximate surface area is 239 Å². The minimum absolute atomic E-state index is 0.0281. The van der Waals surface area contributed by atoms with Crippen LogP contribution in [0.3, 0.4) is 0 Å². The summed E-state index contributed by atoms with van der Waals surface area (Å²) in [5.74, 6) is -2.64. The smallest absolute Gasteiger partial charge is 0.326 e. The van der Waals surface area contributed by atoms with Crippen LogP contribution in [-0.4, -0.2) is 76.2 Å². The number of rotatable bonds is 10. The minimum atomic E-state index is -4.00. The van der Waals surface area contributed by atoms with Gasteiger partial charge < -0.3 is 37.2 Å². The number of hydrogen-bond acceptors (Lipinski definition) is 11. The number of carbonyl (C=O) groups excluding carboxylic acids is 1. The Kier molecular flexibility index (Phi) is 10.4. The third kappa shape index (κ3) is 9.20. The van der Waals surface area contributed by atoms with Crippen LogP contribution in [0.15, 0.2) is 64.3 Å². The second-order valence-electron chi connectivity index (χ2n) is 8.94. The largest absolute Gasteiger partial charge is 0.481 e. The summed E-state index contributed by atoms with van der Waals surface area (Å²) in [4.78, 5) is 52.5. The number of aliphatic carboxylic acids is 2. The Morgan fingerprint density at radius 3 is 2.31 bits per heavy atom. The van der Waals surface area contributed by atoms with E-state index in [2.05, 4.69) is 31.2 Å². The van der Waals surface area contributed by atoms with Crippen LogP contribution in [0, 0.1) is 0 Å². The quantitative estimate of drug-likeness (QED) is 0.144. The van der Waals surface area contributed by atoms with E-state index in [0.717, 1.165) is 0 Å². The number of fused-ring (bicyclic) bond motifs is 1. The average molecular weight is 604 g/mol. The number of aromatic amines is 1. The molecule has 42 heavy (non-hydrogen) atoms. The van der Waals surface area contributed by atoms with Gasteiger partial charge in [-0.3, -0.25) is 23.9 Å². The Morgan fingerprint density at radius 2 is 1.74 bits per heavy atom. The second kappa shape index (κ2) is 14.0. The Hall–Kier alpha value is -5.16. The van der Waals surface area contributed by atoms with Crippen LogP contribution in [0.25, 0.3) is 0 Å². The first-order valence-corrected chi connectivity index (χ1v) is 13.8. The molecule has 10 N–H and O–H groups in total. The van der Waals surface area contributed by atoms with Gasteiger partial charge in [-0.2, -0.15) is 13.4 Å². The van der Waals surface area contributed by atoms with Crippen molar-refractivity contribution in [2.45, 2.75) is 29.8 Å². The van der Waals surface area contributed by atoms with E-state index in [9.17, 15) is 27.6 Å². The fourth-order valence-corrected chi connectivity index (χ4v) is 4.19. The van der Waals surface area contributed by atoms with Gasteiger partial charge in [-0.25, -0.2) is 4.79 Å². The predicted molar refractivity (Wildman–Crippen MR) is 152 cm³/mol. The predicted octanol–water partition coefficient (Wildman–Crippen LogP) is 0.651. The Morgan fingerprint density at radius 1 is 1.07 bits per heavy atom. The first-order valence-electron chi connectivity index (χ1n) is 12.4. The number of nitrogens with two attached hydrogens (primary N) is 1. The summed E-state index contributed by atoms with van der Waals surface area (Å²) in [5, 5.41) is 29.5. The van der Waals surface area contributed by atoms with E-state index < -0.39 is 34.0 Å². The Bertz CT molecular complexity index is 1580. The molecule has 4 rings (SSSR count). The SMILES string of the molecule is Nc1nc2c(c(=O)[nH]1)NC(CNc1ccc(C(=O)N[C@@H](CCC(=O)O)C(=O)O)cc1)CN2.O=S(=O)(O)c1ccccc1. The van der Waals surface area contributed by atoms with E-state index in [0.29, 0.717) is 30.3 Å². The van der Waals surface area contributed by atoms with Gasteiger partial charge in [0.2, 0.25) is 5.95 Å². The highest BCUT2D eigenvalue weighted by Gasteiger charge is 2.23. The molecule has 1 aliphatic heterocycles. The van der Waals surface area contributed by atoms with Gasteiger partial charge in [0.1, 0.15) is 11.7 Å². The number of hydrogen-bond donors (Lipinski definition) is 9. The first-order chi connectivity index (χ1) is 19.8. The summed E-state index contributed by atoms with van der Waals surface area (Å²) in [6.45, 7) is 0.960. The lowest BCUT2D eigenvalue weighted by Gasteiger charge is -2.27. The van der Waals surface area contributed by atoms with Crippen LogP contribution in [0.1, 0.15) is 23.2 Å². The molecule has 0 saturated carbocycles. The number of aromatic nitrogens is 2. The van der Waals surface area contributed by atoms with Crippen LogP contribution >= 0.6 is 0 Å². The molecule has 0 radical (unpaired) electrons. The second-order valence-corrected chi connectivity index (χ2v) is 10.4. The molecule has 2 aromatic carbocycles. The van der Waals surface area contributed by atoms with Gasteiger partial charge in [-0.15, -0.1) is 0 Å². The van der Waals surface area contributed by atoms with Crippen LogP contribution in [0.4, 0.5) is 23.1 Å². The molecule has 2 heterocycles. The van der Waals surface area contributed by atoms with Gasteiger partial charge in [0.05, 0.1) is 10.9 Å². The number of nitrogens with zero attached hydrogens (tertiary/aromatic N) is 1. The summed E-state index contributed by atoms with van der Waals surface area (Å²) < 4.78 is 29.2. The van der Waals surface area contributed by atoms with Crippen molar-refractivity contribution in [3.05, 3.63) is 70.5 Å². The Balaban J connectivity index is 0.000000408. The number of carboxylic acid groups (broad SMARTS) is 2. The summed E-state index contributed by atoms with van der Waals surface area (Å²) in [6, 6.07) is 12.4. The monoisotopic (exact) mass is 603 g/mol. The zero-order chi connectivity index (χ0) is 30.9. The van der Waals surface area contributed by atoms with E-state index in [4.69, 9.17) is 20.5 Å². The van der Waals surface area contributed by atoms with Gasteiger partial charge >= 0.3 is 11.9 Å². The summed E-state index contributed by atoms with van der Waals surface area (Å²) in [6.07, 6.45) is -0.587. The van der Waals surface area contributed by atoms with E-state index >= 15 is 0 Å². The molecule has 17 heteroatoms. The molecule has 0 aliphatic carbocycles. The number of benzene rings is 2. The average Bonchev–Trinajstić information content (AvgIpc) is 2.94. The molecule has 224 valence electrons. The van der Waals surface area contributed by atoms with E-state index in [1.807, 2.05) is 0 Å². The number of carbonyl (C=O) groups is 3. The van der Waals surface area contributed by atoms with Crippen LogP contribution in [-0.2, 0) is 19.7 Å². The van der Waals surface area contributed by atoms with Crippen molar-refractivity contribution in [3.63, 3.8) is 0 Å². The lowest BCUT2D eigenvalue weighted by Crippen LogP contribution is -2.41. The molecule has 0 bridgehead atoms. The highest BCUT2D eigenvalue weighted by Crippen LogP contribution is 2.20. The molecule has 1 unspecified atom stereocenters. The number of H-pyrrole nitrogens is 1. The number of nitrogens with one attached hydrogen (secondary N) is 5. The molecule has 16 nitrogen and oxygen atoms in total. The van der Waals surface area contributed by atoms with Crippen molar-refractivity contribution >= 4 is 51.1 Å². The highest BCUT2D eigenvalue weighted by atomic mass is 32.2. The number of carboxylic acids is 2. The van der Waals surface area contributed by atoms with Gasteiger partial charge in [0.15, 0.2) is 5.82 Å². The standard InChI is InChI=1S/C19H23N7O6.C6H6O3S/c20-19-25-15-14(17(30)26-19)23-11(8-22-15)7-21-10-3-1-9(2-4-10)16(29)24-12(18(31)32)5-6-13(27)28;7-10(8,9)6-4-2-1-3-5-6/h1-4,11-12,21,23H,5-8H2,(H,24,29)(H,27,28)(H,31,32)(H4,20,22,25,26,30);1-5H,(H,7,8,9)/t11?,12-;/m0./s1. The fourth-order valence-electron chi connectivity index (χ4n) is 3.69. The lowest BCUT2D eigenvalue weighted by molar-refractivity contribution is -0.140. The molecule has 0 spiro atoms. The molecule has 1 amide bonds. The topological polar surface area (TPSA) is 266 Å². The lowest BCUT2D eigenvalue weighted by atomic mass is 10.1. The maximum absolute atomic E-state index is 12.3. The third-order valence-electron chi connectivity index (χ3n) is 5.79. The molecular weight excluding hydrogens is 574 g/mol. The maximum atomic E-state index is 12.3. The number of nitrogen functional groups attached to an aromatic ring is 1. The zero-order valence-electron chi connectivity index (χ0n) is 21.9. The first kappa shape index (κ1) is 31.4. The summed E-state index contributed by atoms with van der Waals surface area (Å²) >= 11 is 0. The van der Waals surface area contributed by atoms with Crippen molar-refractivity contribution in [1.29, 1.82) is 0 Å². The summed E-state index contributed by atoms with van der Waals surface area (Å²) in [5.41, 5.74) is 6.40.